The number of amides is 1. The second-order valence-electron chi connectivity index (χ2n) is 6.62. The van der Waals surface area contributed by atoms with E-state index in [1.165, 1.54) is 0 Å². The van der Waals surface area contributed by atoms with Gasteiger partial charge in [0.1, 0.15) is 24.0 Å². The van der Waals surface area contributed by atoms with Crippen molar-refractivity contribution in [2.24, 2.45) is 0 Å². The topological polar surface area (TPSA) is 62.1 Å². The molecule has 0 aromatic heterocycles. The first kappa shape index (κ1) is 19.9. The number of carbonyl (C=O) groups is 1. The molecule has 0 fully saturated rings. The van der Waals surface area contributed by atoms with Crippen LogP contribution in [0.5, 0.6) is 5.75 Å². The van der Waals surface area contributed by atoms with E-state index in [-0.39, 0.29) is 11.6 Å². The molecule has 0 aliphatic heterocycles. The third kappa shape index (κ3) is 5.82. The summed E-state index contributed by atoms with van der Waals surface area (Å²) in [7, 11) is 0. The van der Waals surface area contributed by atoms with E-state index in [1.807, 2.05) is 97.9 Å². The van der Waals surface area contributed by atoms with Crippen molar-refractivity contribution in [3.63, 3.8) is 0 Å². The molecule has 1 atom stereocenters. The molecular weight excluding hydrogens is 360 g/mol. The Kier molecular flexibility index (Phi) is 6.80. The number of rotatable bonds is 7. The smallest absolute Gasteiger partial charge is 0.262 e. The van der Waals surface area contributed by atoms with Crippen LogP contribution < -0.4 is 10.1 Å². The maximum Gasteiger partial charge on any atom is 0.262 e. The molecular formula is C25H22N2O2. The van der Waals surface area contributed by atoms with Gasteiger partial charge in [-0.25, -0.2) is 0 Å². The lowest BCUT2D eigenvalue weighted by Gasteiger charge is -2.13. The Bertz CT molecular complexity index is 1000. The Labute approximate surface area is 171 Å². The number of hydrogen-bond donors (Lipinski definition) is 1. The number of benzene rings is 3. The van der Waals surface area contributed by atoms with Crippen molar-refractivity contribution in [2.75, 3.05) is 0 Å². The van der Waals surface area contributed by atoms with Gasteiger partial charge >= 0.3 is 0 Å². The molecule has 0 bridgehead atoms. The fourth-order valence-corrected chi connectivity index (χ4v) is 2.82. The molecule has 3 aromatic rings. The lowest BCUT2D eigenvalue weighted by atomic mass is 10.1. The highest BCUT2D eigenvalue weighted by Gasteiger charge is 2.13. The van der Waals surface area contributed by atoms with Crippen molar-refractivity contribution in [2.45, 2.75) is 19.6 Å². The molecule has 0 aliphatic carbocycles. The largest absolute Gasteiger partial charge is 0.489 e. The second kappa shape index (κ2) is 9.91. The van der Waals surface area contributed by atoms with Gasteiger partial charge in [0.15, 0.2) is 0 Å². The lowest BCUT2D eigenvalue weighted by molar-refractivity contribution is -0.117. The Morgan fingerprint density at radius 2 is 1.62 bits per heavy atom. The summed E-state index contributed by atoms with van der Waals surface area (Å²) in [5.74, 6) is 0.333. The molecule has 0 aliphatic rings. The van der Waals surface area contributed by atoms with Gasteiger partial charge in [-0.05, 0) is 41.8 Å². The highest BCUT2D eigenvalue weighted by molar-refractivity contribution is 6.01. The summed E-state index contributed by atoms with van der Waals surface area (Å²) in [5.41, 5.74) is 2.90. The average Bonchev–Trinajstić information content (AvgIpc) is 2.78. The quantitative estimate of drug-likeness (QED) is 0.459. The summed E-state index contributed by atoms with van der Waals surface area (Å²) in [6, 6.07) is 28.7. The molecule has 1 unspecified atom stereocenters. The minimum absolute atomic E-state index is 0.0609. The Morgan fingerprint density at radius 3 is 2.24 bits per heavy atom. The van der Waals surface area contributed by atoms with Gasteiger partial charge in [-0.2, -0.15) is 5.26 Å². The average molecular weight is 382 g/mol. The zero-order valence-electron chi connectivity index (χ0n) is 16.2. The zero-order valence-corrected chi connectivity index (χ0v) is 16.2. The van der Waals surface area contributed by atoms with Crippen molar-refractivity contribution in [3.8, 4) is 11.8 Å². The van der Waals surface area contributed by atoms with Crippen LogP contribution in [0.15, 0.2) is 90.5 Å². The van der Waals surface area contributed by atoms with Crippen LogP contribution in [0.2, 0.25) is 0 Å². The lowest BCUT2D eigenvalue weighted by Crippen LogP contribution is -2.27. The highest BCUT2D eigenvalue weighted by atomic mass is 16.5. The van der Waals surface area contributed by atoms with Gasteiger partial charge in [-0.3, -0.25) is 4.79 Å². The first-order valence-corrected chi connectivity index (χ1v) is 9.40. The molecule has 0 radical (unpaired) electrons. The summed E-state index contributed by atoms with van der Waals surface area (Å²) in [5, 5.41) is 12.3. The second-order valence-corrected chi connectivity index (χ2v) is 6.62. The van der Waals surface area contributed by atoms with Crippen molar-refractivity contribution in [1.29, 1.82) is 5.26 Å². The fourth-order valence-electron chi connectivity index (χ4n) is 2.82. The fraction of sp³-hybridized carbons (Fsp3) is 0.120. The van der Waals surface area contributed by atoms with E-state index >= 15 is 0 Å². The number of nitriles is 1. The monoisotopic (exact) mass is 382 g/mol. The van der Waals surface area contributed by atoms with E-state index in [2.05, 4.69) is 5.32 Å². The molecule has 29 heavy (non-hydrogen) atoms. The third-order valence-electron chi connectivity index (χ3n) is 4.45. The molecule has 0 heterocycles. The Balaban J connectivity index is 1.62. The van der Waals surface area contributed by atoms with E-state index in [1.54, 1.807) is 6.08 Å². The predicted molar refractivity (Wildman–Crippen MR) is 114 cm³/mol. The third-order valence-corrected chi connectivity index (χ3v) is 4.45. The van der Waals surface area contributed by atoms with Gasteiger partial charge in [0.2, 0.25) is 0 Å². The van der Waals surface area contributed by atoms with E-state index < -0.39 is 5.91 Å². The van der Waals surface area contributed by atoms with Gasteiger partial charge in [0, 0.05) is 0 Å². The molecule has 4 nitrogen and oxygen atoms in total. The zero-order chi connectivity index (χ0) is 20.5. The standard InChI is InChI=1S/C25H22N2O2/c1-19(22-10-6-3-7-11-22)27-25(28)23(17-26)16-20-12-14-24(15-13-20)29-18-21-8-4-2-5-9-21/h2-16,19H,18H2,1H3,(H,27,28)/b23-16+. The Morgan fingerprint density at radius 1 is 1.00 bits per heavy atom. The summed E-state index contributed by atoms with van der Waals surface area (Å²) in [4.78, 5) is 12.5. The molecule has 0 saturated carbocycles. The maximum absolute atomic E-state index is 12.5. The normalized spacial score (nSPS) is 11.9. The molecule has 0 spiro atoms. The van der Waals surface area contributed by atoms with Crippen LogP contribution in [0.25, 0.3) is 6.08 Å². The molecule has 3 rings (SSSR count). The van der Waals surface area contributed by atoms with Crippen LogP contribution in [0.1, 0.15) is 29.7 Å². The first-order valence-electron chi connectivity index (χ1n) is 9.40. The van der Waals surface area contributed by atoms with Crippen LogP contribution in [0.3, 0.4) is 0 Å². The molecule has 1 amide bonds. The first-order chi connectivity index (χ1) is 14.2. The van der Waals surface area contributed by atoms with Gasteiger partial charge in [0.25, 0.3) is 5.91 Å². The highest BCUT2D eigenvalue weighted by Crippen LogP contribution is 2.17. The summed E-state index contributed by atoms with van der Waals surface area (Å²) < 4.78 is 5.76. The number of hydrogen-bond acceptors (Lipinski definition) is 3. The van der Waals surface area contributed by atoms with Crippen LogP contribution in [0.4, 0.5) is 0 Å². The number of nitrogens with one attached hydrogen (secondary N) is 1. The summed E-state index contributed by atoms with van der Waals surface area (Å²) in [6.07, 6.45) is 1.58. The van der Waals surface area contributed by atoms with Crippen LogP contribution in [-0.2, 0) is 11.4 Å². The van der Waals surface area contributed by atoms with Crippen LogP contribution >= 0.6 is 0 Å². The Hall–Kier alpha value is -3.84. The molecule has 3 aromatic carbocycles. The summed E-state index contributed by atoms with van der Waals surface area (Å²) in [6.45, 7) is 2.38. The molecule has 4 heteroatoms. The van der Waals surface area contributed by atoms with Crippen molar-refractivity contribution in [3.05, 3.63) is 107 Å². The van der Waals surface area contributed by atoms with Gasteiger partial charge in [-0.15, -0.1) is 0 Å². The van der Waals surface area contributed by atoms with Crippen LogP contribution in [-0.4, -0.2) is 5.91 Å². The van der Waals surface area contributed by atoms with Crippen molar-refractivity contribution < 1.29 is 9.53 Å². The number of nitrogens with zero attached hydrogens (tertiary/aromatic N) is 1. The molecule has 144 valence electrons. The predicted octanol–water partition coefficient (Wildman–Crippen LogP) is 5.05. The van der Waals surface area contributed by atoms with Gasteiger partial charge < -0.3 is 10.1 Å². The minimum Gasteiger partial charge on any atom is -0.489 e. The summed E-state index contributed by atoms with van der Waals surface area (Å²) >= 11 is 0. The van der Waals surface area contributed by atoms with Gasteiger partial charge in [-0.1, -0.05) is 72.8 Å². The van der Waals surface area contributed by atoms with Crippen molar-refractivity contribution in [1.82, 2.24) is 5.32 Å². The van der Waals surface area contributed by atoms with Gasteiger partial charge in [0.05, 0.1) is 6.04 Å². The van der Waals surface area contributed by atoms with E-state index in [9.17, 15) is 10.1 Å². The maximum atomic E-state index is 12.5. The number of ether oxygens (including phenoxy) is 1. The van der Waals surface area contributed by atoms with E-state index in [4.69, 9.17) is 4.74 Å². The van der Waals surface area contributed by atoms with Crippen LogP contribution in [0, 0.1) is 11.3 Å². The minimum atomic E-state index is -0.395. The van der Waals surface area contributed by atoms with Crippen molar-refractivity contribution >= 4 is 12.0 Å². The number of carbonyl (C=O) groups excluding carboxylic acids is 1. The SMILES string of the molecule is CC(NC(=O)/C(C#N)=C/c1ccc(OCc2ccccc2)cc1)c1ccccc1. The van der Waals surface area contributed by atoms with E-state index in [0.717, 1.165) is 22.4 Å². The van der Waals surface area contributed by atoms with E-state index in [0.29, 0.717) is 6.61 Å². The molecule has 1 N–H and O–H groups in total. The molecule has 0 saturated heterocycles.